The van der Waals surface area contributed by atoms with Crippen LogP contribution >= 0.6 is 0 Å². The fourth-order valence-electron chi connectivity index (χ4n) is 1.63. The number of hydrogen-bond donors (Lipinski definition) is 1. The number of anilines is 1. The minimum atomic E-state index is 0.509. The second-order valence-electron chi connectivity index (χ2n) is 4.11. The Labute approximate surface area is 101 Å². The topological polar surface area (TPSA) is 51.0 Å². The number of aryl methyl sites for hydroxylation is 1. The predicted octanol–water partition coefficient (Wildman–Crippen LogP) is 2.79. The molecule has 17 heavy (non-hydrogen) atoms. The highest BCUT2D eigenvalue weighted by molar-refractivity contribution is 5.26. The number of rotatable bonds is 5. The first kappa shape index (κ1) is 11.6. The first-order valence-electron chi connectivity index (χ1n) is 5.90. The van der Waals surface area contributed by atoms with Crippen molar-refractivity contribution in [1.82, 2.24) is 10.1 Å². The number of hydrogen-bond acceptors (Lipinski definition) is 4. The molecule has 0 fully saturated rings. The fraction of sp³-hybridized carbons (Fsp3) is 0.385. The smallest absolute Gasteiger partial charge is 0.321 e. The second-order valence-corrected chi connectivity index (χ2v) is 4.11. The maximum atomic E-state index is 5.10. The minimum absolute atomic E-state index is 0.509. The normalized spacial score (nSPS) is 10.5. The molecule has 0 bridgehead atoms. The first-order valence-corrected chi connectivity index (χ1v) is 5.90. The van der Waals surface area contributed by atoms with Crippen LogP contribution in [0.25, 0.3) is 0 Å². The van der Waals surface area contributed by atoms with Crippen LogP contribution in [0.3, 0.4) is 0 Å². The van der Waals surface area contributed by atoms with Crippen LogP contribution in [0.4, 0.5) is 6.01 Å². The zero-order valence-electron chi connectivity index (χ0n) is 10.2. The molecule has 1 heterocycles. The van der Waals surface area contributed by atoms with Gasteiger partial charge in [0.15, 0.2) is 5.82 Å². The van der Waals surface area contributed by atoms with Crippen molar-refractivity contribution in [1.29, 1.82) is 0 Å². The largest absolute Gasteiger partial charge is 0.338 e. The fourth-order valence-corrected chi connectivity index (χ4v) is 1.63. The van der Waals surface area contributed by atoms with Gasteiger partial charge in [0.25, 0.3) is 0 Å². The third-order valence-corrected chi connectivity index (χ3v) is 2.44. The van der Waals surface area contributed by atoms with E-state index in [4.69, 9.17) is 4.52 Å². The summed E-state index contributed by atoms with van der Waals surface area (Å²) in [6, 6.07) is 8.84. The molecule has 0 radical (unpaired) electrons. The van der Waals surface area contributed by atoms with Crippen LogP contribution < -0.4 is 5.32 Å². The molecule has 90 valence electrons. The van der Waals surface area contributed by atoms with Gasteiger partial charge in [0.1, 0.15) is 0 Å². The van der Waals surface area contributed by atoms with Crippen LogP contribution in [0.2, 0.25) is 0 Å². The zero-order valence-corrected chi connectivity index (χ0v) is 10.2. The van der Waals surface area contributed by atoms with Gasteiger partial charge in [0, 0.05) is 13.0 Å². The lowest BCUT2D eigenvalue weighted by Gasteiger charge is -1.98. The molecule has 2 aromatic rings. The van der Waals surface area contributed by atoms with Gasteiger partial charge in [-0.2, -0.15) is 4.98 Å². The summed E-state index contributed by atoms with van der Waals surface area (Å²) < 4.78 is 5.10. The van der Waals surface area contributed by atoms with Gasteiger partial charge in [-0.25, -0.2) is 0 Å². The Morgan fingerprint density at radius 2 is 2.24 bits per heavy atom. The van der Waals surface area contributed by atoms with Gasteiger partial charge < -0.3 is 9.84 Å². The molecule has 4 heteroatoms. The van der Waals surface area contributed by atoms with Crippen LogP contribution in [0.5, 0.6) is 0 Å². The quantitative estimate of drug-likeness (QED) is 0.859. The van der Waals surface area contributed by atoms with E-state index in [0.717, 1.165) is 13.0 Å². The Balaban J connectivity index is 2.01. The Morgan fingerprint density at radius 1 is 1.35 bits per heavy atom. The SMILES string of the molecule is CCCNc1nc(Cc2cccc(C)c2)no1. The average Bonchev–Trinajstić information content (AvgIpc) is 2.74. The van der Waals surface area contributed by atoms with Gasteiger partial charge in [-0.05, 0) is 18.9 Å². The van der Waals surface area contributed by atoms with Crippen molar-refractivity contribution in [3.63, 3.8) is 0 Å². The Hall–Kier alpha value is -1.84. The van der Waals surface area contributed by atoms with Gasteiger partial charge in [-0.15, -0.1) is 0 Å². The molecule has 0 aliphatic rings. The number of aromatic nitrogens is 2. The molecule has 0 amide bonds. The lowest BCUT2D eigenvalue weighted by molar-refractivity contribution is 0.423. The third kappa shape index (κ3) is 3.31. The molecule has 0 spiro atoms. The van der Waals surface area contributed by atoms with E-state index in [9.17, 15) is 0 Å². The Bertz CT molecular complexity index is 479. The summed E-state index contributed by atoms with van der Waals surface area (Å²) in [5.41, 5.74) is 2.45. The van der Waals surface area contributed by atoms with Crippen molar-refractivity contribution in [2.75, 3.05) is 11.9 Å². The highest BCUT2D eigenvalue weighted by atomic mass is 16.5. The van der Waals surface area contributed by atoms with Crippen LogP contribution in [-0.4, -0.2) is 16.7 Å². The molecular formula is C13H17N3O. The highest BCUT2D eigenvalue weighted by Crippen LogP contribution is 2.10. The number of benzene rings is 1. The molecule has 4 nitrogen and oxygen atoms in total. The molecule has 1 aromatic carbocycles. The molecule has 0 atom stereocenters. The van der Waals surface area contributed by atoms with Crippen molar-refractivity contribution in [3.05, 3.63) is 41.2 Å². The van der Waals surface area contributed by atoms with E-state index in [2.05, 4.69) is 47.5 Å². The van der Waals surface area contributed by atoms with Gasteiger partial charge in [-0.1, -0.05) is 41.9 Å². The maximum absolute atomic E-state index is 5.10. The van der Waals surface area contributed by atoms with Gasteiger partial charge >= 0.3 is 6.01 Å². The maximum Gasteiger partial charge on any atom is 0.321 e. The van der Waals surface area contributed by atoms with Crippen LogP contribution in [-0.2, 0) is 6.42 Å². The molecule has 0 aliphatic carbocycles. The van der Waals surface area contributed by atoms with Crippen LogP contribution in [0.1, 0.15) is 30.3 Å². The minimum Gasteiger partial charge on any atom is -0.338 e. The first-order chi connectivity index (χ1) is 8.28. The zero-order chi connectivity index (χ0) is 12.1. The van der Waals surface area contributed by atoms with E-state index in [0.29, 0.717) is 18.3 Å². The van der Waals surface area contributed by atoms with E-state index < -0.39 is 0 Å². The van der Waals surface area contributed by atoms with E-state index in [1.165, 1.54) is 11.1 Å². The van der Waals surface area contributed by atoms with Crippen LogP contribution in [0, 0.1) is 6.92 Å². The van der Waals surface area contributed by atoms with Crippen molar-refractivity contribution in [2.24, 2.45) is 0 Å². The highest BCUT2D eigenvalue weighted by Gasteiger charge is 2.06. The summed E-state index contributed by atoms with van der Waals surface area (Å²) in [6.07, 6.45) is 1.74. The van der Waals surface area contributed by atoms with E-state index in [1.807, 2.05) is 6.07 Å². The van der Waals surface area contributed by atoms with Crippen molar-refractivity contribution in [3.8, 4) is 0 Å². The molecule has 1 N–H and O–H groups in total. The summed E-state index contributed by atoms with van der Waals surface area (Å²) in [4.78, 5) is 4.28. The standard InChI is InChI=1S/C13H17N3O/c1-3-7-14-13-15-12(16-17-13)9-11-6-4-5-10(2)8-11/h4-6,8H,3,7,9H2,1-2H3,(H,14,15,16). The average molecular weight is 231 g/mol. The molecule has 0 saturated carbocycles. The molecule has 0 unspecified atom stereocenters. The van der Waals surface area contributed by atoms with Crippen molar-refractivity contribution < 1.29 is 4.52 Å². The summed E-state index contributed by atoms with van der Waals surface area (Å²) in [5, 5.41) is 7.02. The molecule has 2 rings (SSSR count). The molecular weight excluding hydrogens is 214 g/mol. The predicted molar refractivity (Wildman–Crippen MR) is 67.1 cm³/mol. The van der Waals surface area contributed by atoms with E-state index in [-0.39, 0.29) is 0 Å². The van der Waals surface area contributed by atoms with Gasteiger partial charge in [0.05, 0.1) is 0 Å². The third-order valence-electron chi connectivity index (χ3n) is 2.44. The number of nitrogens with zero attached hydrogens (tertiary/aromatic N) is 2. The second kappa shape index (κ2) is 5.48. The summed E-state index contributed by atoms with van der Waals surface area (Å²) >= 11 is 0. The van der Waals surface area contributed by atoms with E-state index in [1.54, 1.807) is 0 Å². The molecule has 0 saturated heterocycles. The Kier molecular flexibility index (Phi) is 3.75. The lowest BCUT2D eigenvalue weighted by Crippen LogP contribution is -1.99. The van der Waals surface area contributed by atoms with Crippen molar-refractivity contribution in [2.45, 2.75) is 26.7 Å². The van der Waals surface area contributed by atoms with Gasteiger partial charge in [-0.3, -0.25) is 0 Å². The lowest BCUT2D eigenvalue weighted by atomic mass is 10.1. The van der Waals surface area contributed by atoms with Gasteiger partial charge in [0.2, 0.25) is 0 Å². The monoisotopic (exact) mass is 231 g/mol. The van der Waals surface area contributed by atoms with E-state index >= 15 is 0 Å². The summed E-state index contributed by atoms with van der Waals surface area (Å²) in [5.74, 6) is 0.717. The molecule has 0 aliphatic heterocycles. The van der Waals surface area contributed by atoms with Crippen molar-refractivity contribution >= 4 is 6.01 Å². The van der Waals surface area contributed by atoms with Crippen LogP contribution in [0.15, 0.2) is 28.8 Å². The summed E-state index contributed by atoms with van der Waals surface area (Å²) in [7, 11) is 0. The summed E-state index contributed by atoms with van der Waals surface area (Å²) in [6.45, 7) is 5.02. The Morgan fingerprint density at radius 3 is 3.00 bits per heavy atom. The molecule has 1 aromatic heterocycles. The number of nitrogens with one attached hydrogen (secondary N) is 1.